The first kappa shape index (κ1) is 16.5. The van der Waals surface area contributed by atoms with Crippen molar-refractivity contribution in [3.8, 4) is 6.07 Å². The molecule has 4 rings (SSSR count). The molecule has 7 nitrogen and oxygen atoms in total. The standard InChI is InChI=1S/C18H17N5O2S/c19-10-13-11-22-15-2-3-16-14(4-9-26(16,24)25)17(15)18(13)21-5-1-7-23-8-6-20-12-23/h2-3,6,8,11-12H,1,4-5,7,9H2,(H,21,22). The van der Waals surface area contributed by atoms with Crippen LogP contribution < -0.4 is 5.32 Å². The van der Waals surface area contributed by atoms with Gasteiger partial charge in [0.1, 0.15) is 6.07 Å². The molecule has 1 aromatic carbocycles. The van der Waals surface area contributed by atoms with Crippen LogP contribution in [0.4, 0.5) is 5.69 Å². The highest BCUT2D eigenvalue weighted by Gasteiger charge is 2.29. The highest BCUT2D eigenvalue weighted by atomic mass is 32.2. The highest BCUT2D eigenvalue weighted by molar-refractivity contribution is 7.91. The Morgan fingerprint density at radius 3 is 3.00 bits per heavy atom. The fourth-order valence-corrected chi connectivity index (χ4v) is 4.93. The summed E-state index contributed by atoms with van der Waals surface area (Å²) in [4.78, 5) is 8.72. The zero-order valence-electron chi connectivity index (χ0n) is 14.0. The van der Waals surface area contributed by atoms with Gasteiger partial charge in [0.15, 0.2) is 9.84 Å². The molecule has 1 aliphatic heterocycles. The first-order valence-electron chi connectivity index (χ1n) is 8.37. The average molecular weight is 367 g/mol. The lowest BCUT2D eigenvalue weighted by Crippen LogP contribution is -2.08. The Morgan fingerprint density at radius 1 is 1.35 bits per heavy atom. The number of benzene rings is 1. The van der Waals surface area contributed by atoms with Crippen LogP contribution in [-0.4, -0.2) is 35.3 Å². The SMILES string of the molecule is N#Cc1cnc2ccc3c(c2c1NCCCn1ccnc1)CCS3(=O)=O. The Bertz CT molecular complexity index is 1110. The number of hydrogen-bond donors (Lipinski definition) is 1. The summed E-state index contributed by atoms with van der Waals surface area (Å²) in [6.45, 7) is 1.47. The van der Waals surface area contributed by atoms with Gasteiger partial charge in [-0.1, -0.05) is 0 Å². The second kappa shape index (κ2) is 6.42. The molecule has 0 bridgehead atoms. The molecule has 0 aliphatic carbocycles. The molecule has 26 heavy (non-hydrogen) atoms. The van der Waals surface area contributed by atoms with Crippen molar-refractivity contribution < 1.29 is 8.42 Å². The van der Waals surface area contributed by atoms with Crippen molar-refractivity contribution in [2.75, 3.05) is 17.6 Å². The molecule has 0 fully saturated rings. The number of rotatable bonds is 5. The number of anilines is 1. The summed E-state index contributed by atoms with van der Waals surface area (Å²) in [5, 5.41) is 13.6. The summed E-state index contributed by atoms with van der Waals surface area (Å²) in [7, 11) is -3.24. The zero-order valence-corrected chi connectivity index (χ0v) is 14.8. The van der Waals surface area contributed by atoms with Crippen molar-refractivity contribution in [1.82, 2.24) is 14.5 Å². The molecule has 1 aliphatic rings. The quantitative estimate of drug-likeness (QED) is 0.693. The first-order valence-corrected chi connectivity index (χ1v) is 10.0. The number of imidazole rings is 1. The third kappa shape index (κ3) is 2.80. The summed E-state index contributed by atoms with van der Waals surface area (Å²) in [6, 6.07) is 5.51. The van der Waals surface area contributed by atoms with Crippen molar-refractivity contribution in [2.24, 2.45) is 0 Å². The molecule has 0 spiro atoms. The number of fused-ring (bicyclic) bond motifs is 3. The van der Waals surface area contributed by atoms with Crippen LogP contribution in [0.5, 0.6) is 0 Å². The molecule has 3 heterocycles. The second-order valence-electron chi connectivity index (χ2n) is 6.24. The fraction of sp³-hybridized carbons (Fsp3) is 0.278. The maximum atomic E-state index is 12.2. The minimum absolute atomic E-state index is 0.109. The molecule has 0 radical (unpaired) electrons. The van der Waals surface area contributed by atoms with Crippen LogP contribution in [0.2, 0.25) is 0 Å². The van der Waals surface area contributed by atoms with Crippen LogP contribution in [0.25, 0.3) is 10.9 Å². The van der Waals surface area contributed by atoms with Crippen molar-refractivity contribution in [3.63, 3.8) is 0 Å². The summed E-state index contributed by atoms with van der Waals surface area (Å²) in [5.41, 5.74) is 2.58. The molecule has 1 N–H and O–H groups in total. The van der Waals surface area contributed by atoms with Gasteiger partial charge in [0.25, 0.3) is 0 Å². The second-order valence-corrected chi connectivity index (χ2v) is 8.32. The third-order valence-corrected chi connectivity index (χ3v) is 6.42. The van der Waals surface area contributed by atoms with E-state index in [9.17, 15) is 13.7 Å². The van der Waals surface area contributed by atoms with Crippen molar-refractivity contribution in [3.05, 3.63) is 48.2 Å². The van der Waals surface area contributed by atoms with Crippen LogP contribution >= 0.6 is 0 Å². The van der Waals surface area contributed by atoms with Gasteiger partial charge in [-0.2, -0.15) is 5.26 Å². The molecular formula is C18H17N5O2S. The molecule has 132 valence electrons. The first-order chi connectivity index (χ1) is 12.6. The molecule has 2 aromatic heterocycles. The fourth-order valence-electron chi connectivity index (χ4n) is 3.38. The van der Waals surface area contributed by atoms with E-state index in [0.717, 1.165) is 23.9 Å². The average Bonchev–Trinajstić information content (AvgIpc) is 3.26. The van der Waals surface area contributed by atoms with Crippen LogP contribution in [0.1, 0.15) is 17.5 Å². The van der Waals surface area contributed by atoms with Gasteiger partial charge in [-0.05, 0) is 30.5 Å². The maximum absolute atomic E-state index is 12.2. The number of nitrogens with zero attached hydrogens (tertiary/aromatic N) is 4. The highest BCUT2D eigenvalue weighted by Crippen LogP contribution is 2.37. The Labute approximate surface area is 151 Å². The van der Waals surface area contributed by atoms with Gasteiger partial charge < -0.3 is 9.88 Å². The van der Waals surface area contributed by atoms with Crippen molar-refractivity contribution >= 4 is 26.4 Å². The lowest BCUT2D eigenvalue weighted by molar-refractivity contribution is 0.600. The number of aromatic nitrogens is 3. The molecule has 0 unspecified atom stereocenters. The number of pyridine rings is 1. The van der Waals surface area contributed by atoms with E-state index < -0.39 is 9.84 Å². The smallest absolute Gasteiger partial charge is 0.179 e. The monoisotopic (exact) mass is 367 g/mol. The third-order valence-electron chi connectivity index (χ3n) is 4.63. The number of nitrogens with one attached hydrogen (secondary N) is 1. The van der Waals surface area contributed by atoms with Gasteiger partial charge in [0.05, 0.1) is 33.7 Å². The number of nitriles is 1. The summed E-state index contributed by atoms with van der Waals surface area (Å²) in [6.07, 6.45) is 8.24. The van der Waals surface area contributed by atoms with Crippen molar-refractivity contribution in [2.45, 2.75) is 24.3 Å². The number of hydrogen-bond acceptors (Lipinski definition) is 6. The Hall–Kier alpha value is -2.92. The molecule has 0 amide bonds. The van der Waals surface area contributed by atoms with Crippen LogP contribution in [0.15, 0.2) is 41.9 Å². The number of aryl methyl sites for hydroxylation is 2. The van der Waals surface area contributed by atoms with E-state index in [2.05, 4.69) is 21.4 Å². The van der Waals surface area contributed by atoms with Gasteiger partial charge in [-0.15, -0.1) is 0 Å². The van der Waals surface area contributed by atoms with Gasteiger partial charge in [0.2, 0.25) is 0 Å². The topological polar surface area (TPSA) is 101 Å². The summed E-state index contributed by atoms with van der Waals surface area (Å²) < 4.78 is 26.5. The predicted octanol–water partition coefficient (Wildman–Crippen LogP) is 2.13. The number of sulfone groups is 1. The lowest BCUT2D eigenvalue weighted by atomic mass is 10.0. The van der Waals surface area contributed by atoms with Gasteiger partial charge in [0, 0.05) is 37.1 Å². The van der Waals surface area contributed by atoms with E-state index in [-0.39, 0.29) is 5.75 Å². The minimum atomic E-state index is -3.24. The molecular weight excluding hydrogens is 350 g/mol. The minimum Gasteiger partial charge on any atom is -0.383 e. The van der Waals surface area contributed by atoms with E-state index in [1.165, 1.54) is 6.20 Å². The van der Waals surface area contributed by atoms with E-state index in [4.69, 9.17) is 0 Å². The Morgan fingerprint density at radius 2 is 2.23 bits per heavy atom. The summed E-state index contributed by atoms with van der Waals surface area (Å²) >= 11 is 0. The van der Waals surface area contributed by atoms with Crippen LogP contribution in [0, 0.1) is 11.3 Å². The molecule has 0 saturated heterocycles. The largest absolute Gasteiger partial charge is 0.383 e. The Balaban J connectivity index is 1.70. The van der Waals surface area contributed by atoms with Crippen molar-refractivity contribution in [1.29, 1.82) is 5.26 Å². The summed E-state index contributed by atoms with van der Waals surface area (Å²) in [5.74, 6) is 0.109. The Kier molecular flexibility index (Phi) is 4.09. The van der Waals surface area contributed by atoms with Gasteiger partial charge in [-0.3, -0.25) is 4.98 Å². The zero-order chi connectivity index (χ0) is 18.1. The van der Waals surface area contributed by atoms with E-state index in [1.807, 2.05) is 10.8 Å². The van der Waals surface area contributed by atoms with Crippen LogP contribution in [0.3, 0.4) is 0 Å². The maximum Gasteiger partial charge on any atom is 0.179 e. The molecule has 0 atom stereocenters. The van der Waals surface area contributed by atoms with E-state index in [0.29, 0.717) is 34.6 Å². The lowest BCUT2D eigenvalue weighted by Gasteiger charge is -2.14. The van der Waals surface area contributed by atoms with Gasteiger partial charge >= 0.3 is 0 Å². The van der Waals surface area contributed by atoms with Gasteiger partial charge in [-0.25, -0.2) is 13.4 Å². The predicted molar refractivity (Wildman–Crippen MR) is 97.5 cm³/mol. The van der Waals surface area contributed by atoms with E-state index in [1.54, 1.807) is 24.7 Å². The molecule has 3 aromatic rings. The van der Waals surface area contributed by atoms with Crippen LogP contribution in [-0.2, 0) is 22.8 Å². The molecule has 0 saturated carbocycles. The molecule has 8 heteroatoms. The normalized spacial score (nSPS) is 14.9. The van der Waals surface area contributed by atoms with E-state index >= 15 is 0 Å².